The van der Waals surface area contributed by atoms with Crippen molar-refractivity contribution in [3.05, 3.63) is 12.1 Å². The second-order valence-corrected chi connectivity index (χ2v) is 4.65. The van der Waals surface area contributed by atoms with Crippen molar-refractivity contribution in [2.75, 3.05) is 25.1 Å². The molecule has 1 fully saturated rings. The van der Waals surface area contributed by atoms with Crippen LogP contribution in [0.1, 0.15) is 12.8 Å². The van der Waals surface area contributed by atoms with Crippen LogP contribution < -0.4 is 10.4 Å². The van der Waals surface area contributed by atoms with Gasteiger partial charge in [-0.25, -0.2) is 5.48 Å². The first-order chi connectivity index (χ1) is 9.78. The highest BCUT2D eigenvalue weighted by Gasteiger charge is 2.25. The molecule has 0 aromatic carbocycles. The SMILES string of the molecule is CONC(=O)C1CCN(c2ccc3nnnn3n2)CC1. The molecule has 9 nitrogen and oxygen atoms in total. The second kappa shape index (κ2) is 5.37. The van der Waals surface area contributed by atoms with Gasteiger partial charge in [0, 0.05) is 19.0 Å². The Hall–Kier alpha value is -2.29. The molecule has 2 aromatic heterocycles. The number of hydrogen-bond donors (Lipinski definition) is 1. The molecule has 0 atom stereocenters. The lowest BCUT2D eigenvalue weighted by atomic mass is 9.96. The molecular weight excluding hydrogens is 262 g/mol. The Morgan fingerprint density at radius 1 is 1.40 bits per heavy atom. The van der Waals surface area contributed by atoms with Crippen LogP contribution in [0.2, 0.25) is 0 Å². The lowest BCUT2D eigenvalue weighted by molar-refractivity contribution is -0.136. The molecular formula is C11H15N7O2. The van der Waals surface area contributed by atoms with Crippen LogP contribution in [-0.2, 0) is 9.63 Å². The summed E-state index contributed by atoms with van der Waals surface area (Å²) in [7, 11) is 1.44. The number of tetrazole rings is 1. The van der Waals surface area contributed by atoms with Crippen molar-refractivity contribution in [3.63, 3.8) is 0 Å². The maximum absolute atomic E-state index is 11.7. The standard InChI is InChI=1S/C11H15N7O2/c1-20-14-11(19)8-4-6-17(7-5-8)10-3-2-9-12-15-16-18(9)13-10/h2-3,8H,4-7H2,1H3,(H,14,19). The van der Waals surface area contributed by atoms with E-state index in [-0.39, 0.29) is 11.8 Å². The maximum atomic E-state index is 11.7. The lowest BCUT2D eigenvalue weighted by Gasteiger charge is -2.31. The van der Waals surface area contributed by atoms with Gasteiger partial charge in [0.2, 0.25) is 5.91 Å². The van der Waals surface area contributed by atoms with Crippen molar-refractivity contribution >= 4 is 17.4 Å². The number of rotatable bonds is 3. The first-order valence-electron chi connectivity index (χ1n) is 6.41. The van der Waals surface area contributed by atoms with Crippen LogP contribution in [0, 0.1) is 5.92 Å². The summed E-state index contributed by atoms with van der Waals surface area (Å²) in [6.45, 7) is 1.53. The normalized spacial score (nSPS) is 16.6. The summed E-state index contributed by atoms with van der Waals surface area (Å²) >= 11 is 0. The highest BCUT2D eigenvalue weighted by Crippen LogP contribution is 2.21. The number of nitrogens with one attached hydrogen (secondary N) is 1. The Labute approximate surface area is 114 Å². The van der Waals surface area contributed by atoms with E-state index in [9.17, 15) is 4.79 Å². The third kappa shape index (κ3) is 2.39. The van der Waals surface area contributed by atoms with Gasteiger partial charge in [-0.3, -0.25) is 9.63 Å². The minimum atomic E-state index is -0.0592. The molecule has 1 N–H and O–H groups in total. The fraction of sp³-hybridized carbons (Fsp3) is 0.545. The van der Waals surface area contributed by atoms with Gasteiger partial charge in [-0.1, -0.05) is 0 Å². The van der Waals surface area contributed by atoms with Crippen molar-refractivity contribution in [2.45, 2.75) is 12.8 Å². The van der Waals surface area contributed by atoms with Crippen LogP contribution >= 0.6 is 0 Å². The van der Waals surface area contributed by atoms with Gasteiger partial charge in [0.05, 0.1) is 7.11 Å². The number of anilines is 1. The Kier molecular flexibility index (Phi) is 3.42. The number of carbonyl (C=O) groups is 1. The maximum Gasteiger partial charge on any atom is 0.246 e. The number of amides is 1. The molecule has 0 bridgehead atoms. The quantitative estimate of drug-likeness (QED) is 0.749. The van der Waals surface area contributed by atoms with Crippen LogP contribution in [0.25, 0.3) is 5.65 Å². The predicted molar refractivity (Wildman–Crippen MR) is 68.7 cm³/mol. The molecule has 0 unspecified atom stereocenters. The Morgan fingerprint density at radius 2 is 2.20 bits per heavy atom. The van der Waals surface area contributed by atoms with Gasteiger partial charge in [0.1, 0.15) is 0 Å². The highest BCUT2D eigenvalue weighted by atomic mass is 16.6. The van der Waals surface area contributed by atoms with Crippen molar-refractivity contribution in [2.24, 2.45) is 5.92 Å². The average molecular weight is 277 g/mol. The molecule has 1 aliphatic heterocycles. The van der Waals surface area contributed by atoms with Crippen molar-refractivity contribution in [1.82, 2.24) is 30.7 Å². The molecule has 1 aliphatic rings. The number of fused-ring (bicyclic) bond motifs is 1. The van der Waals surface area contributed by atoms with Crippen LogP contribution in [0.15, 0.2) is 12.1 Å². The lowest BCUT2D eigenvalue weighted by Crippen LogP contribution is -2.40. The van der Waals surface area contributed by atoms with Gasteiger partial charge in [-0.15, -0.1) is 14.8 Å². The van der Waals surface area contributed by atoms with E-state index in [0.29, 0.717) is 5.65 Å². The van der Waals surface area contributed by atoms with E-state index < -0.39 is 0 Å². The summed E-state index contributed by atoms with van der Waals surface area (Å²) in [6.07, 6.45) is 1.54. The average Bonchev–Trinajstić information content (AvgIpc) is 2.95. The van der Waals surface area contributed by atoms with Gasteiger partial charge in [0.25, 0.3) is 0 Å². The summed E-state index contributed by atoms with van der Waals surface area (Å²) in [5, 5.41) is 15.5. The molecule has 0 saturated carbocycles. The zero-order valence-corrected chi connectivity index (χ0v) is 11.1. The van der Waals surface area contributed by atoms with Crippen LogP contribution in [0.4, 0.5) is 5.82 Å². The van der Waals surface area contributed by atoms with Crippen LogP contribution in [-0.4, -0.2) is 51.4 Å². The molecule has 2 aromatic rings. The Bertz CT molecular complexity index is 606. The number of nitrogens with zero attached hydrogens (tertiary/aromatic N) is 6. The molecule has 106 valence electrons. The zero-order chi connectivity index (χ0) is 13.9. The molecule has 0 aliphatic carbocycles. The molecule has 1 saturated heterocycles. The van der Waals surface area contributed by atoms with E-state index in [1.165, 1.54) is 11.7 Å². The molecule has 1 amide bonds. The largest absolute Gasteiger partial charge is 0.355 e. The molecule has 0 spiro atoms. The van der Waals surface area contributed by atoms with Crippen LogP contribution in [0.5, 0.6) is 0 Å². The Morgan fingerprint density at radius 3 is 2.95 bits per heavy atom. The van der Waals surface area contributed by atoms with E-state index in [1.807, 2.05) is 12.1 Å². The molecule has 20 heavy (non-hydrogen) atoms. The number of piperidine rings is 1. The molecule has 0 radical (unpaired) electrons. The smallest absolute Gasteiger partial charge is 0.246 e. The fourth-order valence-electron chi connectivity index (χ4n) is 2.36. The van der Waals surface area contributed by atoms with E-state index >= 15 is 0 Å². The first-order valence-corrected chi connectivity index (χ1v) is 6.41. The van der Waals surface area contributed by atoms with Crippen molar-refractivity contribution in [1.29, 1.82) is 0 Å². The van der Waals surface area contributed by atoms with Gasteiger partial charge in [-0.05, 0) is 35.4 Å². The molecule has 3 heterocycles. The third-order valence-corrected chi connectivity index (χ3v) is 3.45. The number of hydrogen-bond acceptors (Lipinski definition) is 7. The number of carbonyl (C=O) groups excluding carboxylic acids is 1. The molecule has 3 rings (SSSR count). The highest BCUT2D eigenvalue weighted by molar-refractivity contribution is 5.77. The monoisotopic (exact) mass is 277 g/mol. The van der Waals surface area contributed by atoms with E-state index in [2.05, 4.69) is 35.8 Å². The van der Waals surface area contributed by atoms with E-state index in [1.54, 1.807) is 0 Å². The topological polar surface area (TPSA) is 97.5 Å². The summed E-state index contributed by atoms with van der Waals surface area (Å²) in [5.74, 6) is 0.745. The number of hydroxylamine groups is 1. The fourth-order valence-corrected chi connectivity index (χ4v) is 2.36. The summed E-state index contributed by atoms with van der Waals surface area (Å²) in [6, 6.07) is 3.72. The van der Waals surface area contributed by atoms with Crippen molar-refractivity contribution in [3.8, 4) is 0 Å². The number of aromatic nitrogens is 5. The summed E-state index contributed by atoms with van der Waals surface area (Å²) in [5.41, 5.74) is 3.00. The molecule has 9 heteroatoms. The van der Waals surface area contributed by atoms with Crippen LogP contribution in [0.3, 0.4) is 0 Å². The predicted octanol–water partition coefficient (Wildman–Crippen LogP) is -0.587. The minimum absolute atomic E-state index is 0.0111. The zero-order valence-electron chi connectivity index (χ0n) is 11.1. The summed E-state index contributed by atoms with van der Waals surface area (Å²) in [4.78, 5) is 18.5. The summed E-state index contributed by atoms with van der Waals surface area (Å²) < 4.78 is 1.40. The van der Waals surface area contributed by atoms with Gasteiger partial charge in [0.15, 0.2) is 11.5 Å². The third-order valence-electron chi connectivity index (χ3n) is 3.45. The van der Waals surface area contributed by atoms with Gasteiger partial charge in [-0.2, -0.15) is 0 Å². The van der Waals surface area contributed by atoms with E-state index in [0.717, 1.165) is 31.7 Å². The van der Waals surface area contributed by atoms with Crippen molar-refractivity contribution < 1.29 is 9.63 Å². The van der Waals surface area contributed by atoms with Gasteiger partial charge >= 0.3 is 0 Å². The van der Waals surface area contributed by atoms with Gasteiger partial charge < -0.3 is 4.90 Å². The first kappa shape index (κ1) is 12.7. The van der Waals surface area contributed by atoms with E-state index in [4.69, 9.17) is 0 Å². The Balaban J connectivity index is 1.66. The second-order valence-electron chi connectivity index (χ2n) is 4.65. The minimum Gasteiger partial charge on any atom is -0.355 e.